The van der Waals surface area contributed by atoms with Crippen LogP contribution >= 0.6 is 0 Å². The fourth-order valence-electron chi connectivity index (χ4n) is 20.9. The van der Waals surface area contributed by atoms with Crippen molar-refractivity contribution >= 4 is 0 Å². The van der Waals surface area contributed by atoms with Crippen LogP contribution < -0.4 is 0 Å². The van der Waals surface area contributed by atoms with Crippen molar-refractivity contribution in [3.63, 3.8) is 0 Å². The molecule has 16 aliphatic carbocycles. The van der Waals surface area contributed by atoms with Gasteiger partial charge in [-0.05, 0) is 0 Å². The molecular formula is C61H32F68O12. The van der Waals surface area contributed by atoms with E-state index in [1.165, 1.54) is 0 Å². The second kappa shape index (κ2) is 27.4. The first-order valence-electron chi connectivity index (χ1n) is 35.8. The highest BCUT2D eigenvalue weighted by Crippen LogP contribution is 2.99. The molecule has 4 N–H and O–H groups in total. The first-order valence-corrected chi connectivity index (χ1v) is 35.8. The largest absolute Gasteiger partial charge is 0.388 e. The molecule has 16 bridgehead atoms. The van der Waals surface area contributed by atoms with Gasteiger partial charge in [0.15, 0.2) is 0 Å². The Balaban J connectivity index is 0.915. The van der Waals surface area contributed by atoms with Gasteiger partial charge in [0.2, 0.25) is 0 Å². The summed E-state index contributed by atoms with van der Waals surface area (Å²) in [6.07, 6.45) is -51.9. The van der Waals surface area contributed by atoms with Gasteiger partial charge in [-0.15, -0.1) is 0 Å². The van der Waals surface area contributed by atoms with Crippen molar-refractivity contribution in [1.82, 2.24) is 0 Å². The maximum absolute atomic E-state index is 16.2. The SMILES string of the molecule is OC(COCC(COCC(O)COC(F)(F)C12C(F)(F)C3(F)C(F)(F)C(F)(C(F)(F)C(F)(C3(F)F)C1(F)F)C2(F)F)(COCC(O)COC(F)(F)C12C(F)(F)C3(F)C(F)(F)C(F)(C(F)(F)C(F)(C3(F)F)C1(F)F)C2(F)F)COCC(O)COC(F)(F)C12C(F)(F)C3(F)C(F)(F)C(F)(C(F)(F)C(F)(C3(F)F)C1(F)F)C2(F)F)COC(F)(F)C12C(F)(F)C3(F)C(F)(F)C(F)(C(F)(F)C(F)(C3(F)F)C1(F)F)C2(F)F. The van der Waals surface area contributed by atoms with Crippen molar-refractivity contribution in [2.45, 2.75) is 259 Å². The fraction of sp³-hybridized carbons (Fsp3) is 1.00. The molecule has 141 heavy (non-hydrogen) atoms. The Bertz CT molecular complexity index is 3970. The summed E-state index contributed by atoms with van der Waals surface area (Å²) in [5, 5.41) is 41.8. The lowest BCUT2D eigenvalue weighted by Crippen LogP contribution is -3.09. The highest BCUT2D eigenvalue weighted by atomic mass is 19.4. The minimum absolute atomic E-state index is 2.72. The maximum Gasteiger partial charge on any atom is 0.379 e. The second-order valence-corrected chi connectivity index (χ2v) is 34.2. The minimum Gasteiger partial charge on any atom is -0.388 e. The zero-order valence-electron chi connectivity index (χ0n) is 64.1. The van der Waals surface area contributed by atoms with Crippen molar-refractivity contribution < 1.29 is 357 Å². The lowest BCUT2D eigenvalue weighted by atomic mass is 9.36. The van der Waals surface area contributed by atoms with Gasteiger partial charge in [0, 0.05) is 0 Å². The Morgan fingerprint density at radius 1 is 0.142 bits per heavy atom. The molecule has 4 atom stereocenters. The van der Waals surface area contributed by atoms with E-state index in [2.05, 4.69) is 37.9 Å². The van der Waals surface area contributed by atoms with E-state index >= 15 is 299 Å². The molecule has 16 fully saturated rings. The summed E-state index contributed by atoms with van der Waals surface area (Å²) in [6, 6.07) is 0. The predicted molar refractivity (Wildman–Crippen MR) is 288 cm³/mol. The van der Waals surface area contributed by atoms with Crippen molar-refractivity contribution in [2.75, 3.05) is 79.3 Å². The molecule has 16 rings (SSSR count). The van der Waals surface area contributed by atoms with Gasteiger partial charge in [-0.1, -0.05) is 0 Å². The summed E-state index contributed by atoms with van der Waals surface area (Å²) in [6.45, 7) is -39.2. The second-order valence-electron chi connectivity index (χ2n) is 34.2. The van der Waals surface area contributed by atoms with Gasteiger partial charge >= 0.3 is 235 Å². The lowest BCUT2D eigenvalue weighted by Gasteiger charge is -2.75. The number of hydrogen-bond acceptors (Lipinski definition) is 12. The average molecular weight is 2250 g/mol. The Hall–Kier alpha value is -5.24. The van der Waals surface area contributed by atoms with E-state index in [0.29, 0.717) is 0 Å². The summed E-state index contributed by atoms with van der Waals surface area (Å²) in [5.41, 5.74) is -149. The molecule has 0 aromatic rings. The van der Waals surface area contributed by atoms with Crippen LogP contribution in [-0.2, 0) is 37.9 Å². The molecule has 16 saturated carbocycles. The molecule has 0 spiro atoms. The Morgan fingerprint density at radius 2 is 0.227 bits per heavy atom. The van der Waals surface area contributed by atoms with Gasteiger partial charge in [-0.25, -0.2) is 158 Å². The molecule has 16 aliphatic rings. The smallest absolute Gasteiger partial charge is 0.379 e. The van der Waals surface area contributed by atoms with Gasteiger partial charge in [0.1, 0.15) is 24.4 Å². The van der Waals surface area contributed by atoms with Gasteiger partial charge in [-0.3, -0.25) is 0 Å². The zero-order chi connectivity index (χ0) is 111. The summed E-state index contributed by atoms with van der Waals surface area (Å²) >= 11 is 0. The lowest BCUT2D eigenvalue weighted by molar-refractivity contribution is -0.641. The van der Waals surface area contributed by atoms with E-state index in [-0.39, 0.29) is 0 Å². The van der Waals surface area contributed by atoms with Gasteiger partial charge < -0.3 is 58.3 Å². The van der Waals surface area contributed by atoms with Gasteiger partial charge in [0.05, 0.1) is 84.7 Å². The quantitative estimate of drug-likeness (QED) is 0.0474. The van der Waals surface area contributed by atoms with E-state index in [0.717, 1.165) is 0 Å². The van der Waals surface area contributed by atoms with Gasteiger partial charge in [-0.2, -0.15) is 140 Å². The van der Waals surface area contributed by atoms with Crippen molar-refractivity contribution in [3.05, 3.63) is 0 Å². The molecule has 0 radical (unpaired) electrons. The summed E-state index contributed by atoms with van der Waals surface area (Å²) < 4.78 is 1090. The molecule has 824 valence electrons. The molecule has 4 unspecified atom stereocenters. The number of ether oxygens (including phenoxy) is 8. The normalized spacial score (nSPS) is 44.9. The van der Waals surface area contributed by atoms with E-state index < -0.39 is 365 Å². The molecular weight excluding hydrogens is 2220 g/mol. The molecule has 12 nitrogen and oxygen atoms in total. The van der Waals surface area contributed by atoms with Crippen LogP contribution in [0.5, 0.6) is 0 Å². The molecule has 0 amide bonds. The Labute approximate surface area is 722 Å². The van der Waals surface area contributed by atoms with Crippen LogP contribution in [0.25, 0.3) is 0 Å². The molecule has 0 saturated heterocycles. The van der Waals surface area contributed by atoms with E-state index in [1.54, 1.807) is 0 Å². The Kier molecular flexibility index (Phi) is 22.2. The maximum atomic E-state index is 16.2. The number of aliphatic hydroxyl groups is 4. The van der Waals surface area contributed by atoms with Crippen LogP contribution in [0.4, 0.5) is 299 Å². The molecule has 0 aliphatic heterocycles. The Morgan fingerprint density at radius 3 is 0.312 bits per heavy atom. The van der Waals surface area contributed by atoms with E-state index in [9.17, 15) is 20.4 Å². The fourth-order valence-corrected chi connectivity index (χ4v) is 20.9. The van der Waals surface area contributed by atoms with Crippen LogP contribution in [0.1, 0.15) is 0 Å². The van der Waals surface area contributed by atoms with E-state index in [4.69, 9.17) is 0 Å². The van der Waals surface area contributed by atoms with E-state index in [1.807, 2.05) is 0 Å². The number of rotatable bonds is 32. The monoisotopic (exact) mass is 2250 g/mol. The third kappa shape index (κ3) is 8.96. The molecule has 0 heterocycles. The molecule has 0 aromatic heterocycles. The van der Waals surface area contributed by atoms with Crippen molar-refractivity contribution in [3.8, 4) is 0 Å². The summed E-state index contributed by atoms with van der Waals surface area (Å²) in [5.74, 6) is -219. The highest BCUT2D eigenvalue weighted by molar-refractivity contribution is 5.59. The summed E-state index contributed by atoms with van der Waals surface area (Å²) in [7, 11) is 0. The van der Waals surface area contributed by atoms with Crippen LogP contribution in [0.2, 0.25) is 0 Å². The topological polar surface area (TPSA) is 155 Å². The molecule has 80 heteroatoms. The van der Waals surface area contributed by atoms with Crippen molar-refractivity contribution in [1.29, 1.82) is 0 Å². The third-order valence-electron chi connectivity index (χ3n) is 27.7. The number of halogens is 68. The summed E-state index contributed by atoms with van der Waals surface area (Å²) in [4.78, 5) is 0. The zero-order valence-corrected chi connectivity index (χ0v) is 64.1. The van der Waals surface area contributed by atoms with Gasteiger partial charge in [0.25, 0.3) is 21.7 Å². The first-order chi connectivity index (χ1) is 61.4. The minimum atomic E-state index is -9.27. The number of hydrogen-bond donors (Lipinski definition) is 4. The standard InChI is InChI=1S/C61H32F68O12/c62-22-34(74,75)18(35(76,77)23(63,46(22,98)99)48(102,103)24(64,36(18,78)79)47(22,100)101)58(122,123)138-5-13(130)1-134-9-17(10-135-2-14(131)6-139-59(124,125)19-37(80,81)25(65)49(104,105)26(66,38(19,82)83)51(108,109)27(67,39(19,84)85)50(25,106)107,11-136-3-15(132)7-140-60(126,127)20-40(86,87)28(68)52(110,111)29(69,41(20,88)89)54(114,115)30(70,42(20,90)91)53(28,112)113)12-137-4-16(133)8-141-61(128,129)21-43(92,93)31(71)55(116,117)32(72,44(21,94)95)57(120,121)33(73,45(21,96)97)56(31,118)119/h13-16,130-133H,1-12H2. The highest BCUT2D eigenvalue weighted by Gasteiger charge is 3.31. The molecule has 0 aromatic carbocycles. The van der Waals surface area contributed by atoms with Crippen LogP contribution in [0, 0.1) is 27.1 Å². The third-order valence-corrected chi connectivity index (χ3v) is 27.7. The predicted octanol–water partition coefficient (Wildman–Crippen LogP) is 17.8. The average Bonchev–Trinajstić information content (AvgIpc) is 0.596. The van der Waals surface area contributed by atoms with Crippen LogP contribution in [-0.4, -0.2) is 359 Å². The van der Waals surface area contributed by atoms with Crippen LogP contribution in [0.15, 0.2) is 0 Å². The van der Waals surface area contributed by atoms with Crippen molar-refractivity contribution in [2.24, 2.45) is 27.1 Å². The first kappa shape index (κ1) is 114. The number of alkyl halides is 68. The number of aliphatic hydroxyl groups excluding tert-OH is 4. The van der Waals surface area contributed by atoms with Crippen LogP contribution in [0.3, 0.4) is 0 Å².